The third-order valence-corrected chi connectivity index (χ3v) is 9.91. The number of hydrogen-bond acceptors (Lipinski definition) is 6. The van der Waals surface area contributed by atoms with E-state index in [0.717, 1.165) is 28.0 Å². The molecule has 0 radical (unpaired) electrons. The molecule has 2 N–H and O–H groups in total. The van der Waals surface area contributed by atoms with Crippen molar-refractivity contribution in [3.8, 4) is 11.8 Å². The number of ether oxygens (including phenoxy) is 1. The summed E-state index contributed by atoms with van der Waals surface area (Å²) >= 11 is 0. The number of rotatable bonds is 12. The molecule has 1 saturated heterocycles. The molecule has 9 heteroatoms. The Morgan fingerprint density at radius 3 is 2.43 bits per heavy atom. The molecule has 0 aromatic heterocycles. The topological polar surface area (TPSA) is 129 Å². The molecule has 9 nitrogen and oxygen atoms in total. The van der Waals surface area contributed by atoms with Crippen LogP contribution in [0.3, 0.4) is 0 Å². The number of nitrogens with zero attached hydrogens (tertiary/aromatic N) is 2. The number of aryl methyl sites for hydroxylation is 1. The van der Waals surface area contributed by atoms with Crippen LogP contribution < -0.4 is 15.4 Å². The number of nitriles is 1. The highest BCUT2D eigenvalue weighted by Gasteiger charge is 2.42. The van der Waals surface area contributed by atoms with Crippen molar-refractivity contribution in [3.63, 3.8) is 0 Å². The second kappa shape index (κ2) is 14.5. The fourth-order valence-electron chi connectivity index (χ4n) is 6.48. The third-order valence-electron chi connectivity index (χ3n) is 9.91. The van der Waals surface area contributed by atoms with E-state index in [1.165, 1.54) is 5.56 Å². The van der Waals surface area contributed by atoms with Gasteiger partial charge in [0.2, 0.25) is 11.8 Å². The average Bonchev–Trinajstić information content (AvgIpc) is 3.34. The van der Waals surface area contributed by atoms with Crippen molar-refractivity contribution in [2.24, 2.45) is 0 Å². The van der Waals surface area contributed by atoms with Crippen LogP contribution in [0.1, 0.15) is 120 Å². The zero-order chi connectivity index (χ0) is 35.5. The molecule has 0 saturated carbocycles. The van der Waals surface area contributed by atoms with Crippen LogP contribution in [0.15, 0.2) is 66.9 Å². The van der Waals surface area contributed by atoms with E-state index in [-0.39, 0.29) is 54.3 Å². The van der Waals surface area contributed by atoms with Crippen LogP contribution in [0.25, 0.3) is 0 Å². The summed E-state index contributed by atoms with van der Waals surface area (Å²) in [6.45, 7) is 14.8. The van der Waals surface area contributed by atoms with Crippen molar-refractivity contribution >= 4 is 23.6 Å². The lowest BCUT2D eigenvalue weighted by molar-refractivity contribution is -0.122. The number of carbonyl (C=O) groups excluding carboxylic acids is 4. The SMILES string of the molecule is C=C1NC(=O)CCC1N1C(=O)c2ccc(CNC(=O)CCOc3c(C#N)cc(C(C)(C)c4ccc(C(C)CC)cc4)cc3CC)cc2C1=O. The Morgan fingerprint density at radius 2 is 1.78 bits per heavy atom. The molecule has 49 heavy (non-hydrogen) atoms. The number of fused-ring (bicyclic) bond motifs is 1. The van der Waals surface area contributed by atoms with Gasteiger partial charge in [-0.25, -0.2) is 0 Å². The van der Waals surface area contributed by atoms with Gasteiger partial charge in [-0.05, 0) is 71.2 Å². The quantitative estimate of drug-likeness (QED) is 0.216. The van der Waals surface area contributed by atoms with E-state index in [1.54, 1.807) is 18.2 Å². The highest BCUT2D eigenvalue weighted by Crippen LogP contribution is 2.37. The predicted molar refractivity (Wildman–Crippen MR) is 187 cm³/mol. The van der Waals surface area contributed by atoms with Crippen LogP contribution in [-0.2, 0) is 28.0 Å². The lowest BCUT2D eigenvalue weighted by Crippen LogP contribution is -2.48. The summed E-state index contributed by atoms with van der Waals surface area (Å²) < 4.78 is 6.07. The minimum absolute atomic E-state index is 0.0649. The zero-order valence-corrected chi connectivity index (χ0v) is 28.9. The van der Waals surface area contributed by atoms with Crippen molar-refractivity contribution in [1.82, 2.24) is 15.5 Å². The first-order chi connectivity index (χ1) is 23.4. The molecule has 3 aromatic carbocycles. The molecule has 0 aliphatic carbocycles. The molecule has 2 heterocycles. The van der Waals surface area contributed by atoms with Crippen LogP contribution in [-0.4, -0.2) is 41.2 Å². The van der Waals surface area contributed by atoms with Crippen molar-refractivity contribution in [1.29, 1.82) is 5.26 Å². The zero-order valence-electron chi connectivity index (χ0n) is 28.9. The molecule has 0 spiro atoms. The van der Waals surface area contributed by atoms with E-state index in [0.29, 0.717) is 41.3 Å². The lowest BCUT2D eigenvalue weighted by atomic mass is 9.76. The molecule has 2 unspecified atom stereocenters. The van der Waals surface area contributed by atoms with Crippen LogP contribution in [0.5, 0.6) is 5.75 Å². The molecular weight excluding hydrogens is 616 g/mol. The molecule has 1 fully saturated rings. The Morgan fingerprint density at radius 1 is 1.06 bits per heavy atom. The summed E-state index contributed by atoms with van der Waals surface area (Å²) in [6.07, 6.45) is 2.33. The largest absolute Gasteiger partial charge is 0.491 e. The maximum Gasteiger partial charge on any atom is 0.262 e. The van der Waals surface area contributed by atoms with E-state index >= 15 is 0 Å². The van der Waals surface area contributed by atoms with Crippen molar-refractivity contribution < 1.29 is 23.9 Å². The minimum atomic E-state index is -0.600. The van der Waals surface area contributed by atoms with Gasteiger partial charge in [0, 0.05) is 24.1 Å². The minimum Gasteiger partial charge on any atom is -0.491 e. The van der Waals surface area contributed by atoms with Crippen LogP contribution >= 0.6 is 0 Å². The number of nitrogens with one attached hydrogen (secondary N) is 2. The Kier molecular flexibility index (Phi) is 10.4. The molecule has 2 aliphatic heterocycles. The molecule has 2 atom stereocenters. The maximum atomic E-state index is 13.2. The van der Waals surface area contributed by atoms with Crippen LogP contribution in [0, 0.1) is 11.3 Å². The molecular formula is C40H44N4O5. The molecule has 3 aromatic rings. The maximum absolute atomic E-state index is 13.2. The number of piperidine rings is 1. The monoisotopic (exact) mass is 660 g/mol. The molecule has 5 rings (SSSR count). The summed E-state index contributed by atoms with van der Waals surface area (Å²) in [5.41, 5.74) is 6.05. The fraction of sp³-hybridized carbons (Fsp3) is 0.375. The Bertz CT molecular complexity index is 1850. The number of benzene rings is 3. The second-order valence-corrected chi connectivity index (χ2v) is 13.4. The van der Waals surface area contributed by atoms with Crippen molar-refractivity contribution in [2.75, 3.05) is 6.61 Å². The fourth-order valence-corrected chi connectivity index (χ4v) is 6.48. The van der Waals surface area contributed by atoms with Crippen molar-refractivity contribution in [2.45, 2.75) is 90.6 Å². The van der Waals surface area contributed by atoms with Gasteiger partial charge in [-0.1, -0.05) is 77.6 Å². The van der Waals surface area contributed by atoms with Gasteiger partial charge in [0.1, 0.15) is 11.8 Å². The predicted octanol–water partition coefficient (Wildman–Crippen LogP) is 6.43. The van der Waals surface area contributed by atoms with Gasteiger partial charge < -0.3 is 15.4 Å². The van der Waals surface area contributed by atoms with Gasteiger partial charge in [0.15, 0.2) is 0 Å². The van der Waals surface area contributed by atoms with Gasteiger partial charge in [0.25, 0.3) is 11.8 Å². The first-order valence-corrected chi connectivity index (χ1v) is 17.0. The third kappa shape index (κ3) is 7.14. The summed E-state index contributed by atoms with van der Waals surface area (Å²) in [6, 6.07) is 19.3. The van der Waals surface area contributed by atoms with E-state index in [1.807, 2.05) is 13.0 Å². The van der Waals surface area contributed by atoms with Gasteiger partial charge in [0.05, 0.1) is 35.8 Å². The number of imide groups is 1. The van der Waals surface area contributed by atoms with Gasteiger partial charge in [-0.3, -0.25) is 24.1 Å². The van der Waals surface area contributed by atoms with E-state index in [2.05, 4.69) is 81.3 Å². The van der Waals surface area contributed by atoms with Gasteiger partial charge in [-0.15, -0.1) is 0 Å². The average molecular weight is 661 g/mol. The lowest BCUT2D eigenvalue weighted by Gasteiger charge is -2.31. The Hall–Kier alpha value is -5.23. The van der Waals surface area contributed by atoms with E-state index < -0.39 is 17.9 Å². The van der Waals surface area contributed by atoms with E-state index in [4.69, 9.17) is 4.74 Å². The Labute approximate surface area is 288 Å². The molecule has 2 aliphatic rings. The van der Waals surface area contributed by atoms with Crippen molar-refractivity contribution in [3.05, 3.63) is 111 Å². The molecule has 4 amide bonds. The van der Waals surface area contributed by atoms with Crippen LogP contribution in [0.2, 0.25) is 0 Å². The normalized spacial score (nSPS) is 16.6. The summed E-state index contributed by atoms with van der Waals surface area (Å²) in [5, 5.41) is 15.6. The highest BCUT2D eigenvalue weighted by molar-refractivity contribution is 6.22. The first kappa shape index (κ1) is 35.1. The number of amides is 4. The Balaban J connectivity index is 1.20. The van der Waals surface area contributed by atoms with Gasteiger partial charge in [-0.2, -0.15) is 5.26 Å². The summed E-state index contributed by atoms with van der Waals surface area (Å²) in [5.74, 6) is -0.321. The molecule has 0 bridgehead atoms. The van der Waals surface area contributed by atoms with Crippen LogP contribution in [0.4, 0.5) is 0 Å². The molecule has 254 valence electrons. The number of carbonyl (C=O) groups is 4. The smallest absolute Gasteiger partial charge is 0.262 e. The van der Waals surface area contributed by atoms with Gasteiger partial charge >= 0.3 is 0 Å². The highest BCUT2D eigenvalue weighted by atomic mass is 16.5. The standard InChI is InChI=1S/C40H44N4O5/c1-7-24(3)28-10-12-30(13-11-28)40(5,6)31-20-27(8-2)37(29(21-31)22-41)49-18-17-35(45)42-23-26-9-14-32-33(19-26)39(48)44(38(32)47)34-15-16-36(46)43-25(34)4/h9-14,19-21,24,34H,4,7-8,15-18,23H2,1-3,5-6H3,(H,42,45)(H,43,46). The number of hydrogen-bond donors (Lipinski definition) is 2. The summed E-state index contributed by atoms with van der Waals surface area (Å²) in [4.78, 5) is 51.9. The summed E-state index contributed by atoms with van der Waals surface area (Å²) in [7, 11) is 0. The first-order valence-electron chi connectivity index (χ1n) is 17.0. The van der Waals surface area contributed by atoms with E-state index in [9.17, 15) is 24.4 Å². The second-order valence-electron chi connectivity index (χ2n) is 13.4.